The van der Waals surface area contributed by atoms with Crippen LogP contribution in [0, 0.1) is 5.92 Å². The van der Waals surface area contributed by atoms with E-state index in [0.717, 1.165) is 25.7 Å². The lowest BCUT2D eigenvalue weighted by Gasteiger charge is -2.12. The molecule has 0 bridgehead atoms. The molecule has 0 amide bonds. The second-order valence-corrected chi connectivity index (χ2v) is 3.48. The molecule has 2 nitrogen and oxygen atoms in total. The zero-order valence-electron chi connectivity index (χ0n) is 7.00. The molecule has 0 aliphatic heterocycles. The average molecular weight is 158 g/mol. The Morgan fingerprint density at radius 1 is 1.18 bits per heavy atom. The standard InChI is InChI=1S/C9H18O2/c10-7-2-1-4-8-5-3-6-9(8)11/h8-11H,1-7H2. The molecule has 66 valence electrons. The molecule has 2 unspecified atom stereocenters. The van der Waals surface area contributed by atoms with Crippen LogP contribution in [0.15, 0.2) is 0 Å². The zero-order chi connectivity index (χ0) is 8.10. The zero-order valence-corrected chi connectivity index (χ0v) is 7.00. The summed E-state index contributed by atoms with van der Waals surface area (Å²) >= 11 is 0. The van der Waals surface area contributed by atoms with Crippen molar-refractivity contribution in [1.82, 2.24) is 0 Å². The van der Waals surface area contributed by atoms with Crippen molar-refractivity contribution < 1.29 is 10.2 Å². The van der Waals surface area contributed by atoms with E-state index in [1.807, 2.05) is 0 Å². The first-order valence-corrected chi connectivity index (χ1v) is 4.63. The molecule has 1 aliphatic carbocycles. The highest BCUT2D eigenvalue weighted by Gasteiger charge is 2.23. The van der Waals surface area contributed by atoms with Gasteiger partial charge >= 0.3 is 0 Å². The molecule has 0 aromatic heterocycles. The summed E-state index contributed by atoms with van der Waals surface area (Å²) in [4.78, 5) is 0. The fraction of sp³-hybridized carbons (Fsp3) is 1.00. The number of rotatable bonds is 4. The van der Waals surface area contributed by atoms with Crippen LogP contribution in [-0.2, 0) is 0 Å². The minimum Gasteiger partial charge on any atom is -0.396 e. The third-order valence-electron chi connectivity index (χ3n) is 2.60. The van der Waals surface area contributed by atoms with E-state index in [2.05, 4.69) is 0 Å². The Hall–Kier alpha value is -0.0800. The molecule has 2 N–H and O–H groups in total. The molecule has 11 heavy (non-hydrogen) atoms. The lowest BCUT2D eigenvalue weighted by atomic mass is 9.99. The Kier molecular flexibility index (Phi) is 3.87. The molecule has 0 aromatic carbocycles. The molecule has 0 heterocycles. The third kappa shape index (κ3) is 2.80. The highest BCUT2D eigenvalue weighted by atomic mass is 16.3. The van der Waals surface area contributed by atoms with Gasteiger partial charge in [-0.15, -0.1) is 0 Å². The maximum absolute atomic E-state index is 9.43. The summed E-state index contributed by atoms with van der Waals surface area (Å²) in [5.74, 6) is 0.529. The lowest BCUT2D eigenvalue weighted by Crippen LogP contribution is -2.12. The first-order chi connectivity index (χ1) is 5.34. The van der Waals surface area contributed by atoms with Gasteiger partial charge in [-0.25, -0.2) is 0 Å². The Bertz CT molecular complexity index is 104. The largest absolute Gasteiger partial charge is 0.396 e. The smallest absolute Gasteiger partial charge is 0.0568 e. The molecule has 1 rings (SSSR count). The second-order valence-electron chi connectivity index (χ2n) is 3.48. The summed E-state index contributed by atoms with van der Waals surface area (Å²) in [5.41, 5.74) is 0. The van der Waals surface area contributed by atoms with Gasteiger partial charge in [-0.2, -0.15) is 0 Å². The molecule has 0 aromatic rings. The summed E-state index contributed by atoms with van der Waals surface area (Å²) in [6.45, 7) is 0.294. The molecular formula is C9H18O2. The van der Waals surface area contributed by atoms with Crippen LogP contribution in [0.2, 0.25) is 0 Å². The molecule has 1 aliphatic rings. The van der Waals surface area contributed by atoms with E-state index >= 15 is 0 Å². The molecule has 1 fully saturated rings. The fourth-order valence-corrected chi connectivity index (χ4v) is 1.87. The van der Waals surface area contributed by atoms with Crippen molar-refractivity contribution in [3.63, 3.8) is 0 Å². The van der Waals surface area contributed by atoms with Crippen molar-refractivity contribution in [3.05, 3.63) is 0 Å². The van der Waals surface area contributed by atoms with Crippen molar-refractivity contribution in [2.45, 2.75) is 44.6 Å². The Morgan fingerprint density at radius 3 is 2.55 bits per heavy atom. The molecule has 0 radical (unpaired) electrons. The van der Waals surface area contributed by atoms with E-state index in [4.69, 9.17) is 5.11 Å². The van der Waals surface area contributed by atoms with Gasteiger partial charge < -0.3 is 10.2 Å². The van der Waals surface area contributed by atoms with E-state index in [9.17, 15) is 5.11 Å². The van der Waals surface area contributed by atoms with Crippen LogP contribution in [-0.4, -0.2) is 22.9 Å². The monoisotopic (exact) mass is 158 g/mol. The summed E-state index contributed by atoms with van der Waals surface area (Å²) in [5, 5.41) is 18.0. The van der Waals surface area contributed by atoms with Gasteiger partial charge in [0, 0.05) is 6.61 Å². The number of aliphatic hydroxyl groups is 2. The fourth-order valence-electron chi connectivity index (χ4n) is 1.87. The summed E-state index contributed by atoms with van der Waals surface area (Å²) in [6.07, 6.45) is 6.37. The minimum atomic E-state index is -0.0475. The van der Waals surface area contributed by atoms with Crippen LogP contribution in [0.4, 0.5) is 0 Å². The van der Waals surface area contributed by atoms with Gasteiger partial charge in [0.2, 0.25) is 0 Å². The third-order valence-corrected chi connectivity index (χ3v) is 2.60. The van der Waals surface area contributed by atoms with Gasteiger partial charge in [-0.1, -0.05) is 12.8 Å². The van der Waals surface area contributed by atoms with Crippen LogP contribution in [0.3, 0.4) is 0 Å². The molecule has 2 heteroatoms. The SMILES string of the molecule is OCCCCC1CCCC1O. The van der Waals surface area contributed by atoms with Crippen LogP contribution >= 0.6 is 0 Å². The normalized spacial score (nSPS) is 31.1. The quantitative estimate of drug-likeness (QED) is 0.606. The number of aliphatic hydroxyl groups excluding tert-OH is 2. The lowest BCUT2D eigenvalue weighted by molar-refractivity contribution is 0.125. The molecule has 2 atom stereocenters. The van der Waals surface area contributed by atoms with Gasteiger partial charge in [0.15, 0.2) is 0 Å². The molecule has 0 saturated heterocycles. The van der Waals surface area contributed by atoms with E-state index in [1.165, 1.54) is 12.8 Å². The van der Waals surface area contributed by atoms with Crippen LogP contribution in [0.25, 0.3) is 0 Å². The Labute approximate surface area is 68.2 Å². The average Bonchev–Trinajstić information content (AvgIpc) is 2.37. The maximum Gasteiger partial charge on any atom is 0.0568 e. The van der Waals surface area contributed by atoms with Crippen LogP contribution < -0.4 is 0 Å². The predicted molar refractivity (Wildman–Crippen MR) is 44.3 cm³/mol. The van der Waals surface area contributed by atoms with Gasteiger partial charge in [0.1, 0.15) is 0 Å². The first-order valence-electron chi connectivity index (χ1n) is 4.63. The highest BCUT2D eigenvalue weighted by Crippen LogP contribution is 2.29. The summed E-state index contributed by atoms with van der Waals surface area (Å²) in [7, 11) is 0. The second kappa shape index (κ2) is 4.73. The number of unbranched alkanes of at least 4 members (excludes halogenated alkanes) is 1. The first kappa shape index (κ1) is 9.01. The summed E-state index contributed by atoms with van der Waals surface area (Å²) < 4.78 is 0. The van der Waals surface area contributed by atoms with E-state index in [0.29, 0.717) is 12.5 Å². The van der Waals surface area contributed by atoms with E-state index in [1.54, 1.807) is 0 Å². The van der Waals surface area contributed by atoms with Crippen LogP contribution in [0.1, 0.15) is 38.5 Å². The molecular weight excluding hydrogens is 140 g/mol. The Morgan fingerprint density at radius 2 is 2.00 bits per heavy atom. The van der Waals surface area contributed by atoms with Gasteiger partial charge in [-0.05, 0) is 31.6 Å². The molecule has 0 spiro atoms. The van der Waals surface area contributed by atoms with E-state index < -0.39 is 0 Å². The number of hydrogen-bond acceptors (Lipinski definition) is 2. The topological polar surface area (TPSA) is 40.5 Å². The predicted octanol–water partition coefficient (Wildman–Crippen LogP) is 1.31. The van der Waals surface area contributed by atoms with Gasteiger partial charge in [0.25, 0.3) is 0 Å². The molecule has 1 saturated carbocycles. The van der Waals surface area contributed by atoms with Gasteiger partial charge in [0.05, 0.1) is 6.10 Å². The highest BCUT2D eigenvalue weighted by molar-refractivity contribution is 4.76. The van der Waals surface area contributed by atoms with Gasteiger partial charge in [-0.3, -0.25) is 0 Å². The van der Waals surface area contributed by atoms with Crippen LogP contribution in [0.5, 0.6) is 0 Å². The summed E-state index contributed by atoms with van der Waals surface area (Å²) in [6, 6.07) is 0. The maximum atomic E-state index is 9.43. The minimum absolute atomic E-state index is 0.0475. The van der Waals surface area contributed by atoms with Crippen molar-refractivity contribution >= 4 is 0 Å². The van der Waals surface area contributed by atoms with Crippen molar-refractivity contribution in [2.24, 2.45) is 5.92 Å². The van der Waals surface area contributed by atoms with Crippen molar-refractivity contribution in [1.29, 1.82) is 0 Å². The van der Waals surface area contributed by atoms with Crippen molar-refractivity contribution in [2.75, 3.05) is 6.61 Å². The Balaban J connectivity index is 2.05. The number of hydrogen-bond donors (Lipinski definition) is 2. The van der Waals surface area contributed by atoms with Crippen molar-refractivity contribution in [3.8, 4) is 0 Å². The van der Waals surface area contributed by atoms with E-state index in [-0.39, 0.29) is 6.10 Å².